The Hall–Kier alpha value is -2.48. The molecule has 8 nitrogen and oxygen atoms in total. The Morgan fingerprint density at radius 1 is 1.17 bits per heavy atom. The van der Waals surface area contributed by atoms with Gasteiger partial charge in [0.1, 0.15) is 11.5 Å². The predicted molar refractivity (Wildman–Crippen MR) is 111 cm³/mol. The molecule has 1 heterocycles. The number of hydrogen-bond acceptors (Lipinski definition) is 5. The molecule has 162 valence electrons. The van der Waals surface area contributed by atoms with Gasteiger partial charge in [-0.25, -0.2) is 4.79 Å². The Morgan fingerprint density at radius 2 is 1.93 bits per heavy atom. The zero-order chi connectivity index (χ0) is 21.4. The Morgan fingerprint density at radius 3 is 2.55 bits per heavy atom. The third kappa shape index (κ3) is 6.00. The summed E-state index contributed by atoms with van der Waals surface area (Å²) in [4.78, 5) is 27.2. The normalized spacial score (nSPS) is 18.6. The number of nitrogens with zero attached hydrogens (tertiary/aromatic N) is 1. The van der Waals surface area contributed by atoms with E-state index < -0.39 is 0 Å². The predicted octanol–water partition coefficient (Wildman–Crippen LogP) is 1.99. The topological polar surface area (TPSA) is 89.1 Å². The number of benzene rings is 1. The van der Waals surface area contributed by atoms with Crippen molar-refractivity contribution in [3.63, 3.8) is 0 Å². The van der Waals surface area contributed by atoms with Crippen LogP contribution in [-0.4, -0.2) is 70.5 Å². The van der Waals surface area contributed by atoms with Crippen molar-refractivity contribution in [2.24, 2.45) is 5.92 Å². The van der Waals surface area contributed by atoms with Gasteiger partial charge in [-0.3, -0.25) is 4.79 Å². The van der Waals surface area contributed by atoms with Gasteiger partial charge in [0.25, 0.3) is 0 Å². The van der Waals surface area contributed by atoms with Crippen LogP contribution in [0.2, 0.25) is 0 Å². The third-order valence-corrected chi connectivity index (χ3v) is 5.02. The van der Waals surface area contributed by atoms with E-state index in [9.17, 15) is 9.59 Å². The minimum atomic E-state index is -0.363. The summed E-state index contributed by atoms with van der Waals surface area (Å²) >= 11 is 0. The van der Waals surface area contributed by atoms with Gasteiger partial charge in [0, 0.05) is 56.9 Å². The van der Waals surface area contributed by atoms with Gasteiger partial charge < -0.3 is 29.7 Å². The molecule has 1 saturated heterocycles. The van der Waals surface area contributed by atoms with Crippen LogP contribution in [0.5, 0.6) is 11.5 Å². The smallest absolute Gasteiger partial charge is 0.317 e. The van der Waals surface area contributed by atoms with E-state index in [0.29, 0.717) is 37.7 Å². The lowest BCUT2D eigenvalue weighted by Crippen LogP contribution is -2.42. The maximum absolute atomic E-state index is 12.9. The molecule has 0 radical (unpaired) electrons. The third-order valence-electron chi connectivity index (χ3n) is 5.02. The summed E-state index contributed by atoms with van der Waals surface area (Å²) in [6.07, 6.45) is 0.739. The van der Waals surface area contributed by atoms with E-state index in [4.69, 9.17) is 14.2 Å². The first kappa shape index (κ1) is 22.8. The van der Waals surface area contributed by atoms with Crippen LogP contribution in [0, 0.1) is 5.92 Å². The zero-order valence-electron chi connectivity index (χ0n) is 18.0. The second-order valence-electron chi connectivity index (χ2n) is 7.47. The summed E-state index contributed by atoms with van der Waals surface area (Å²) < 4.78 is 15.9. The molecule has 1 aromatic rings. The molecule has 2 atom stereocenters. The summed E-state index contributed by atoms with van der Waals surface area (Å²) in [5, 5.41) is 5.89. The lowest BCUT2D eigenvalue weighted by atomic mass is 9.87. The number of methoxy groups -OCH3 is 3. The van der Waals surface area contributed by atoms with Crippen molar-refractivity contribution >= 4 is 11.9 Å². The number of hydrogen-bond donors (Lipinski definition) is 2. The largest absolute Gasteiger partial charge is 0.497 e. The van der Waals surface area contributed by atoms with Gasteiger partial charge >= 0.3 is 6.03 Å². The van der Waals surface area contributed by atoms with Crippen LogP contribution in [0.1, 0.15) is 31.7 Å². The summed E-state index contributed by atoms with van der Waals surface area (Å²) in [5.74, 6) is 0.731. The summed E-state index contributed by atoms with van der Waals surface area (Å²) in [7, 11) is 4.82. The minimum absolute atomic E-state index is 0.0263. The zero-order valence-corrected chi connectivity index (χ0v) is 18.0. The van der Waals surface area contributed by atoms with Crippen LogP contribution >= 0.6 is 0 Å². The quantitative estimate of drug-likeness (QED) is 0.611. The lowest BCUT2D eigenvalue weighted by molar-refractivity contribution is -0.124. The molecule has 2 N–H and O–H groups in total. The first-order valence-corrected chi connectivity index (χ1v) is 9.95. The van der Waals surface area contributed by atoms with Crippen LogP contribution in [0.15, 0.2) is 18.2 Å². The molecule has 1 aromatic carbocycles. The number of ether oxygens (including phenoxy) is 3. The molecule has 8 heteroatoms. The van der Waals surface area contributed by atoms with E-state index in [1.165, 1.54) is 0 Å². The average molecular weight is 408 g/mol. The highest BCUT2D eigenvalue weighted by molar-refractivity contribution is 5.83. The molecule has 0 saturated carbocycles. The lowest BCUT2D eigenvalue weighted by Gasteiger charge is -2.21. The summed E-state index contributed by atoms with van der Waals surface area (Å²) in [6, 6.07) is 5.44. The first-order valence-electron chi connectivity index (χ1n) is 9.95. The summed E-state index contributed by atoms with van der Waals surface area (Å²) in [5.41, 5.74) is 0.894. The van der Waals surface area contributed by atoms with Gasteiger partial charge in [0.05, 0.1) is 20.1 Å². The second-order valence-corrected chi connectivity index (χ2v) is 7.47. The summed E-state index contributed by atoms with van der Waals surface area (Å²) in [6.45, 7) is 5.75. The first-order chi connectivity index (χ1) is 13.9. The van der Waals surface area contributed by atoms with E-state index >= 15 is 0 Å². The van der Waals surface area contributed by atoms with Crippen molar-refractivity contribution in [2.75, 3.05) is 47.6 Å². The number of rotatable bonds is 9. The van der Waals surface area contributed by atoms with Crippen LogP contribution in [0.25, 0.3) is 0 Å². The Balaban J connectivity index is 2.24. The number of carbonyl (C=O) groups is 2. The molecule has 1 fully saturated rings. The standard InChI is InChI=1S/C21H33N3O5/c1-14(2)23-21(26)24-12-17(16-8-7-15(28-4)11-19(16)29-5)18(13-24)20(25)22-9-6-10-27-3/h7-8,11,14,17-18H,6,9-10,12-13H2,1-5H3,(H,22,25)(H,23,26). The Labute approximate surface area is 172 Å². The average Bonchev–Trinajstić information content (AvgIpc) is 3.15. The molecule has 0 bridgehead atoms. The van der Waals surface area contributed by atoms with Gasteiger partial charge in [-0.15, -0.1) is 0 Å². The molecule has 1 aliphatic heterocycles. The van der Waals surface area contributed by atoms with Crippen molar-refractivity contribution in [3.05, 3.63) is 23.8 Å². The van der Waals surface area contributed by atoms with Gasteiger partial charge in [0.2, 0.25) is 5.91 Å². The number of urea groups is 1. The molecule has 0 aliphatic carbocycles. The monoisotopic (exact) mass is 407 g/mol. The van der Waals surface area contributed by atoms with Crippen molar-refractivity contribution in [2.45, 2.75) is 32.2 Å². The highest BCUT2D eigenvalue weighted by Crippen LogP contribution is 2.39. The van der Waals surface area contributed by atoms with Crippen LogP contribution in [0.4, 0.5) is 4.79 Å². The Kier molecular flexibility index (Phi) is 8.57. The highest BCUT2D eigenvalue weighted by atomic mass is 16.5. The molecular weight excluding hydrogens is 374 g/mol. The minimum Gasteiger partial charge on any atom is -0.497 e. The van der Waals surface area contributed by atoms with E-state index in [2.05, 4.69) is 10.6 Å². The van der Waals surface area contributed by atoms with Crippen molar-refractivity contribution in [3.8, 4) is 11.5 Å². The van der Waals surface area contributed by atoms with E-state index in [1.807, 2.05) is 26.0 Å². The molecule has 0 spiro atoms. The van der Waals surface area contributed by atoms with Crippen molar-refractivity contribution in [1.82, 2.24) is 15.5 Å². The van der Waals surface area contributed by atoms with Crippen LogP contribution in [-0.2, 0) is 9.53 Å². The fourth-order valence-electron chi connectivity index (χ4n) is 3.57. The molecule has 29 heavy (non-hydrogen) atoms. The van der Waals surface area contributed by atoms with E-state index in [-0.39, 0.29) is 29.8 Å². The SMILES string of the molecule is COCCCNC(=O)C1CN(C(=O)NC(C)C)CC1c1ccc(OC)cc1OC. The number of carbonyl (C=O) groups excluding carboxylic acids is 2. The second kappa shape index (κ2) is 10.9. The van der Waals surface area contributed by atoms with Crippen LogP contribution in [0.3, 0.4) is 0 Å². The van der Waals surface area contributed by atoms with Gasteiger partial charge in [-0.05, 0) is 26.3 Å². The maximum Gasteiger partial charge on any atom is 0.317 e. The molecular formula is C21H33N3O5. The molecule has 0 aromatic heterocycles. The molecule has 1 aliphatic rings. The number of nitrogens with one attached hydrogen (secondary N) is 2. The van der Waals surface area contributed by atoms with Crippen molar-refractivity contribution in [1.29, 1.82) is 0 Å². The van der Waals surface area contributed by atoms with Gasteiger partial charge in [-0.2, -0.15) is 0 Å². The fourth-order valence-corrected chi connectivity index (χ4v) is 3.57. The molecule has 2 unspecified atom stereocenters. The highest BCUT2D eigenvalue weighted by Gasteiger charge is 2.41. The van der Waals surface area contributed by atoms with E-state index in [0.717, 1.165) is 12.0 Å². The van der Waals surface area contributed by atoms with E-state index in [1.54, 1.807) is 32.3 Å². The van der Waals surface area contributed by atoms with Gasteiger partial charge in [0.15, 0.2) is 0 Å². The maximum atomic E-state index is 12.9. The van der Waals surface area contributed by atoms with Gasteiger partial charge in [-0.1, -0.05) is 6.07 Å². The fraction of sp³-hybridized carbons (Fsp3) is 0.619. The Bertz CT molecular complexity index is 695. The number of likely N-dealkylation sites (tertiary alicyclic amines) is 1. The van der Waals surface area contributed by atoms with Crippen LogP contribution < -0.4 is 20.1 Å². The van der Waals surface area contributed by atoms with Crippen molar-refractivity contribution < 1.29 is 23.8 Å². The molecule has 2 rings (SSSR count). The molecule has 3 amide bonds. The number of amides is 3.